The first-order valence-corrected chi connectivity index (χ1v) is 10.2. The third kappa shape index (κ3) is 3.14. The van der Waals surface area contributed by atoms with E-state index in [0.717, 1.165) is 16.3 Å². The maximum atomic E-state index is 13.3. The molecule has 1 atom stereocenters. The fourth-order valence-electron chi connectivity index (χ4n) is 3.39. The van der Waals surface area contributed by atoms with Crippen molar-refractivity contribution in [2.24, 2.45) is 0 Å². The second-order valence-corrected chi connectivity index (χ2v) is 8.52. The number of rotatable bonds is 3. The monoisotopic (exact) mass is 367 g/mol. The van der Waals surface area contributed by atoms with Crippen molar-refractivity contribution >= 4 is 20.8 Å². The van der Waals surface area contributed by atoms with E-state index in [1.54, 1.807) is 16.4 Å². The lowest BCUT2D eigenvalue weighted by atomic mass is 10.1. The number of ether oxygens (including phenoxy) is 1. The molecule has 1 saturated heterocycles. The van der Waals surface area contributed by atoms with Crippen LogP contribution in [0.2, 0.25) is 0 Å². The van der Waals surface area contributed by atoms with Crippen LogP contribution in [0.5, 0.6) is 0 Å². The molecule has 4 nitrogen and oxygen atoms in total. The van der Waals surface area contributed by atoms with Gasteiger partial charge in [-0.15, -0.1) is 0 Å². The number of sulfonamides is 1. The van der Waals surface area contributed by atoms with Gasteiger partial charge in [-0.25, -0.2) is 8.42 Å². The quantitative estimate of drug-likeness (QED) is 0.705. The summed E-state index contributed by atoms with van der Waals surface area (Å²) in [6, 6.07) is 21.1. The minimum absolute atomic E-state index is 0.242. The van der Waals surface area contributed by atoms with Crippen molar-refractivity contribution in [2.45, 2.75) is 17.9 Å². The number of benzene rings is 3. The Morgan fingerprint density at radius 1 is 0.962 bits per heavy atom. The highest BCUT2D eigenvalue weighted by molar-refractivity contribution is 7.89. The van der Waals surface area contributed by atoms with Gasteiger partial charge >= 0.3 is 0 Å². The average Bonchev–Trinajstić information content (AvgIpc) is 2.68. The van der Waals surface area contributed by atoms with Gasteiger partial charge in [0.2, 0.25) is 10.0 Å². The van der Waals surface area contributed by atoms with Crippen molar-refractivity contribution in [3.63, 3.8) is 0 Å². The molecule has 1 heterocycles. The molecule has 1 unspecified atom stereocenters. The fourth-order valence-corrected chi connectivity index (χ4v) is 5.03. The Morgan fingerprint density at radius 3 is 2.50 bits per heavy atom. The molecule has 3 aromatic rings. The molecule has 134 valence electrons. The van der Waals surface area contributed by atoms with Crippen molar-refractivity contribution in [3.05, 3.63) is 77.9 Å². The molecule has 5 heteroatoms. The second kappa shape index (κ2) is 6.83. The van der Waals surface area contributed by atoms with Gasteiger partial charge in [0.15, 0.2) is 0 Å². The fraction of sp³-hybridized carbons (Fsp3) is 0.238. The van der Waals surface area contributed by atoms with Crippen LogP contribution in [0.25, 0.3) is 10.8 Å². The molecule has 0 amide bonds. The van der Waals surface area contributed by atoms with Crippen LogP contribution < -0.4 is 0 Å². The van der Waals surface area contributed by atoms with Crippen LogP contribution in [-0.4, -0.2) is 32.4 Å². The lowest BCUT2D eigenvalue weighted by molar-refractivity contribution is -0.00253. The molecule has 1 aliphatic rings. The van der Waals surface area contributed by atoms with E-state index in [0.29, 0.717) is 24.6 Å². The molecule has 0 radical (unpaired) electrons. The molecule has 1 fully saturated rings. The van der Waals surface area contributed by atoms with Crippen LogP contribution >= 0.6 is 0 Å². The Hall–Kier alpha value is -2.21. The van der Waals surface area contributed by atoms with Crippen LogP contribution in [0.4, 0.5) is 0 Å². The number of morpholine rings is 1. The van der Waals surface area contributed by atoms with E-state index >= 15 is 0 Å². The van der Waals surface area contributed by atoms with Gasteiger partial charge in [0, 0.05) is 18.5 Å². The highest BCUT2D eigenvalue weighted by atomic mass is 32.2. The summed E-state index contributed by atoms with van der Waals surface area (Å²) >= 11 is 0. The molecule has 4 rings (SSSR count). The van der Waals surface area contributed by atoms with E-state index in [-0.39, 0.29) is 6.10 Å². The Morgan fingerprint density at radius 2 is 1.69 bits per heavy atom. The predicted octanol–water partition coefficient (Wildman–Crippen LogP) is 3.91. The molecule has 26 heavy (non-hydrogen) atoms. The van der Waals surface area contributed by atoms with Crippen LogP contribution in [0, 0.1) is 6.92 Å². The van der Waals surface area contributed by atoms with E-state index in [4.69, 9.17) is 4.74 Å². The summed E-state index contributed by atoms with van der Waals surface area (Å²) in [5, 5.41) is 1.69. The summed E-state index contributed by atoms with van der Waals surface area (Å²) in [6.07, 6.45) is -0.242. The summed E-state index contributed by atoms with van der Waals surface area (Å²) in [6.45, 7) is 3.12. The largest absolute Gasteiger partial charge is 0.371 e. The van der Waals surface area contributed by atoms with Gasteiger partial charge in [-0.2, -0.15) is 4.31 Å². The zero-order chi connectivity index (χ0) is 18.1. The molecular weight excluding hydrogens is 346 g/mol. The highest BCUT2D eigenvalue weighted by Gasteiger charge is 2.32. The van der Waals surface area contributed by atoms with Gasteiger partial charge < -0.3 is 4.74 Å². The Kier molecular flexibility index (Phi) is 4.53. The standard InChI is InChI=1S/C21H21NO3S/c1-16-9-11-18(12-10-16)20-15-22(13-14-25-20)26(23,24)21-8-4-6-17-5-2-3-7-19(17)21/h2-12,20H,13-15H2,1H3. The number of fused-ring (bicyclic) bond motifs is 1. The third-order valence-corrected chi connectivity index (χ3v) is 6.77. The van der Waals surface area contributed by atoms with Crippen molar-refractivity contribution in [1.29, 1.82) is 0 Å². The molecule has 0 aliphatic carbocycles. The Balaban J connectivity index is 1.68. The van der Waals surface area contributed by atoms with Gasteiger partial charge in [-0.05, 0) is 23.9 Å². The molecule has 0 bridgehead atoms. The first-order chi connectivity index (χ1) is 12.6. The summed E-state index contributed by atoms with van der Waals surface area (Å²) in [7, 11) is -3.58. The van der Waals surface area contributed by atoms with Crippen LogP contribution in [0.3, 0.4) is 0 Å². The van der Waals surface area contributed by atoms with E-state index in [2.05, 4.69) is 0 Å². The second-order valence-electron chi connectivity index (χ2n) is 6.61. The Bertz CT molecular complexity index is 1020. The van der Waals surface area contributed by atoms with Crippen LogP contribution in [0.1, 0.15) is 17.2 Å². The molecule has 0 aromatic heterocycles. The summed E-state index contributed by atoms with van der Waals surface area (Å²) < 4.78 is 34.0. The minimum atomic E-state index is -3.58. The van der Waals surface area contributed by atoms with Crippen molar-refractivity contribution in [3.8, 4) is 0 Å². The van der Waals surface area contributed by atoms with E-state index in [1.165, 1.54) is 5.56 Å². The van der Waals surface area contributed by atoms with Gasteiger partial charge in [0.05, 0.1) is 17.6 Å². The molecule has 3 aromatic carbocycles. The number of aryl methyl sites for hydroxylation is 1. The van der Waals surface area contributed by atoms with Crippen LogP contribution in [-0.2, 0) is 14.8 Å². The highest BCUT2D eigenvalue weighted by Crippen LogP contribution is 2.30. The smallest absolute Gasteiger partial charge is 0.243 e. The maximum Gasteiger partial charge on any atom is 0.243 e. The first-order valence-electron chi connectivity index (χ1n) is 8.72. The lowest BCUT2D eigenvalue weighted by Crippen LogP contribution is -2.42. The normalized spacial score (nSPS) is 18.9. The van der Waals surface area contributed by atoms with E-state index in [1.807, 2.05) is 61.5 Å². The van der Waals surface area contributed by atoms with Crippen molar-refractivity contribution in [1.82, 2.24) is 4.31 Å². The zero-order valence-electron chi connectivity index (χ0n) is 14.6. The van der Waals surface area contributed by atoms with Crippen molar-refractivity contribution < 1.29 is 13.2 Å². The molecular formula is C21H21NO3S. The first kappa shape index (κ1) is 17.2. The lowest BCUT2D eigenvalue weighted by Gasteiger charge is -2.32. The van der Waals surface area contributed by atoms with Crippen LogP contribution in [0.15, 0.2) is 71.6 Å². The molecule has 0 N–H and O–H groups in total. The minimum Gasteiger partial charge on any atom is -0.371 e. The van der Waals surface area contributed by atoms with Gasteiger partial charge in [0.1, 0.15) is 0 Å². The maximum absolute atomic E-state index is 13.3. The summed E-state index contributed by atoms with van der Waals surface area (Å²) in [4.78, 5) is 0.361. The zero-order valence-corrected chi connectivity index (χ0v) is 15.4. The summed E-state index contributed by atoms with van der Waals surface area (Å²) in [5.41, 5.74) is 2.18. The third-order valence-electron chi connectivity index (χ3n) is 4.85. The Labute approximate surface area is 154 Å². The van der Waals surface area contributed by atoms with E-state index in [9.17, 15) is 8.42 Å². The number of nitrogens with zero attached hydrogens (tertiary/aromatic N) is 1. The predicted molar refractivity (Wildman–Crippen MR) is 103 cm³/mol. The molecule has 1 aliphatic heterocycles. The van der Waals surface area contributed by atoms with Gasteiger partial charge in [0.25, 0.3) is 0 Å². The number of hydrogen-bond donors (Lipinski definition) is 0. The molecule has 0 spiro atoms. The SMILES string of the molecule is Cc1ccc(C2CN(S(=O)(=O)c3cccc4ccccc34)CCO2)cc1. The summed E-state index contributed by atoms with van der Waals surface area (Å²) in [5.74, 6) is 0. The molecule has 0 saturated carbocycles. The average molecular weight is 367 g/mol. The topological polar surface area (TPSA) is 46.6 Å². The van der Waals surface area contributed by atoms with Crippen molar-refractivity contribution in [2.75, 3.05) is 19.7 Å². The van der Waals surface area contributed by atoms with E-state index < -0.39 is 10.0 Å². The number of hydrogen-bond acceptors (Lipinski definition) is 3. The van der Waals surface area contributed by atoms with Gasteiger partial charge in [-0.1, -0.05) is 66.2 Å². The van der Waals surface area contributed by atoms with Gasteiger partial charge in [-0.3, -0.25) is 0 Å².